The molecule has 27 heavy (non-hydrogen) atoms. The van der Waals surface area contributed by atoms with E-state index in [-0.39, 0.29) is 12.1 Å². The van der Waals surface area contributed by atoms with E-state index in [1.165, 1.54) is 11.3 Å². The molecule has 2 amide bonds. The van der Waals surface area contributed by atoms with Gasteiger partial charge in [0.15, 0.2) is 0 Å². The lowest BCUT2D eigenvalue weighted by atomic mass is 10.1. The van der Waals surface area contributed by atoms with Crippen molar-refractivity contribution in [2.45, 2.75) is 18.9 Å². The van der Waals surface area contributed by atoms with Crippen molar-refractivity contribution < 1.29 is 14.3 Å². The van der Waals surface area contributed by atoms with Crippen molar-refractivity contribution in [1.82, 2.24) is 9.88 Å². The molecule has 2 aromatic carbocycles. The average Bonchev–Trinajstić information content (AvgIpc) is 3.10. The first-order chi connectivity index (χ1) is 13.2. The maximum Gasteiger partial charge on any atom is 0.321 e. The van der Waals surface area contributed by atoms with Crippen LogP contribution in [0.3, 0.4) is 0 Å². The summed E-state index contributed by atoms with van der Waals surface area (Å²) in [6.45, 7) is 1.34. The Morgan fingerprint density at radius 2 is 1.96 bits per heavy atom. The predicted molar refractivity (Wildman–Crippen MR) is 107 cm³/mol. The second kappa shape index (κ2) is 7.84. The smallest absolute Gasteiger partial charge is 0.321 e. The number of thiazole rings is 1. The zero-order valence-electron chi connectivity index (χ0n) is 15.1. The molecule has 1 aliphatic heterocycles. The predicted octanol–water partition coefficient (Wildman–Crippen LogP) is 4.38. The number of carbonyl (C=O) groups is 1. The summed E-state index contributed by atoms with van der Waals surface area (Å²) < 4.78 is 12.4. The van der Waals surface area contributed by atoms with Gasteiger partial charge in [-0.1, -0.05) is 29.5 Å². The van der Waals surface area contributed by atoms with Crippen LogP contribution in [0.4, 0.5) is 10.5 Å². The summed E-state index contributed by atoms with van der Waals surface area (Å²) in [4.78, 5) is 18.7. The number of hydrogen-bond acceptors (Lipinski definition) is 5. The third kappa shape index (κ3) is 4.14. The van der Waals surface area contributed by atoms with Crippen LogP contribution in [-0.2, 0) is 0 Å². The van der Waals surface area contributed by atoms with Crippen molar-refractivity contribution in [2.75, 3.05) is 25.5 Å². The van der Waals surface area contributed by atoms with Crippen LogP contribution in [0, 0.1) is 0 Å². The Morgan fingerprint density at radius 3 is 2.70 bits per heavy atom. The molecule has 1 fully saturated rings. The van der Waals surface area contributed by atoms with Gasteiger partial charge in [0.1, 0.15) is 11.9 Å². The number of amides is 2. The van der Waals surface area contributed by atoms with E-state index >= 15 is 0 Å². The molecule has 0 spiro atoms. The number of nitrogens with one attached hydrogen (secondary N) is 1. The van der Waals surface area contributed by atoms with Crippen LogP contribution in [0.25, 0.3) is 10.2 Å². The van der Waals surface area contributed by atoms with Crippen molar-refractivity contribution >= 4 is 33.3 Å². The number of aromatic nitrogens is 1. The van der Waals surface area contributed by atoms with Crippen LogP contribution in [-0.4, -0.2) is 42.2 Å². The van der Waals surface area contributed by atoms with E-state index in [2.05, 4.69) is 10.3 Å². The molecule has 0 unspecified atom stereocenters. The zero-order chi connectivity index (χ0) is 18.6. The highest BCUT2D eigenvalue weighted by atomic mass is 32.1. The summed E-state index contributed by atoms with van der Waals surface area (Å²) in [6, 6.07) is 15.3. The normalized spacial score (nSPS) is 14.9. The molecule has 1 saturated heterocycles. The van der Waals surface area contributed by atoms with Gasteiger partial charge in [-0.15, -0.1) is 0 Å². The number of anilines is 1. The Bertz CT molecular complexity index is 921. The molecule has 3 aromatic rings. The van der Waals surface area contributed by atoms with E-state index in [0.29, 0.717) is 18.3 Å². The van der Waals surface area contributed by atoms with Crippen LogP contribution >= 0.6 is 11.3 Å². The summed E-state index contributed by atoms with van der Waals surface area (Å²) in [7, 11) is 1.65. The van der Waals surface area contributed by atoms with Gasteiger partial charge in [-0.2, -0.15) is 0 Å². The Kier molecular flexibility index (Phi) is 5.11. The lowest BCUT2D eigenvalue weighted by Crippen LogP contribution is -2.43. The largest absolute Gasteiger partial charge is 0.497 e. The molecule has 7 heteroatoms. The number of rotatable bonds is 4. The summed E-state index contributed by atoms with van der Waals surface area (Å²) in [5.74, 6) is 0.815. The average molecular weight is 383 g/mol. The summed E-state index contributed by atoms with van der Waals surface area (Å²) in [5.41, 5.74) is 1.72. The molecule has 0 bridgehead atoms. The molecule has 0 radical (unpaired) electrons. The number of likely N-dealkylation sites (tertiary alicyclic amines) is 1. The minimum atomic E-state index is -0.0632. The number of piperidine rings is 1. The van der Waals surface area contributed by atoms with Gasteiger partial charge < -0.3 is 19.7 Å². The fraction of sp³-hybridized carbons (Fsp3) is 0.300. The monoisotopic (exact) mass is 383 g/mol. The molecular weight excluding hydrogens is 362 g/mol. The van der Waals surface area contributed by atoms with Gasteiger partial charge in [-0.05, 0) is 30.3 Å². The van der Waals surface area contributed by atoms with Crippen molar-refractivity contribution in [1.29, 1.82) is 0 Å². The summed E-state index contributed by atoms with van der Waals surface area (Å²) in [5, 5.41) is 3.60. The fourth-order valence-corrected chi connectivity index (χ4v) is 4.01. The molecule has 6 nitrogen and oxygen atoms in total. The first-order valence-corrected chi connectivity index (χ1v) is 9.75. The van der Waals surface area contributed by atoms with Crippen LogP contribution in [0.5, 0.6) is 10.9 Å². The number of nitrogens with zero attached hydrogens (tertiary/aromatic N) is 2. The Balaban J connectivity index is 1.32. The number of ether oxygens (including phenoxy) is 2. The lowest BCUT2D eigenvalue weighted by Gasteiger charge is -2.31. The third-order valence-electron chi connectivity index (χ3n) is 4.60. The van der Waals surface area contributed by atoms with Crippen LogP contribution in [0.15, 0.2) is 48.5 Å². The highest BCUT2D eigenvalue weighted by molar-refractivity contribution is 7.20. The molecule has 0 atom stereocenters. The Hall–Kier alpha value is -2.80. The van der Waals surface area contributed by atoms with E-state index < -0.39 is 0 Å². The summed E-state index contributed by atoms with van der Waals surface area (Å²) >= 11 is 1.52. The standard InChI is InChI=1S/C20H21N3O3S/c1-25-16-7-8-17-18(13-16)27-20(22-17)26-15-9-11-23(12-10-15)19(24)21-14-5-3-2-4-6-14/h2-8,13,15H,9-12H2,1H3,(H,21,24). The SMILES string of the molecule is COc1ccc2nc(OC3CCN(C(=O)Nc4ccccc4)CC3)sc2c1. The molecular formula is C20H21N3O3S. The third-order valence-corrected chi connectivity index (χ3v) is 5.51. The van der Waals surface area contributed by atoms with Crippen molar-refractivity contribution in [2.24, 2.45) is 0 Å². The van der Waals surface area contributed by atoms with Crippen LogP contribution in [0.2, 0.25) is 0 Å². The first-order valence-electron chi connectivity index (χ1n) is 8.93. The number of urea groups is 1. The highest BCUT2D eigenvalue weighted by Gasteiger charge is 2.24. The lowest BCUT2D eigenvalue weighted by molar-refractivity contribution is 0.115. The minimum absolute atomic E-state index is 0.0632. The maximum absolute atomic E-state index is 12.4. The highest BCUT2D eigenvalue weighted by Crippen LogP contribution is 2.32. The van der Waals surface area contributed by atoms with E-state index in [4.69, 9.17) is 9.47 Å². The molecule has 1 aliphatic rings. The Labute approximate surface area is 161 Å². The Morgan fingerprint density at radius 1 is 1.19 bits per heavy atom. The van der Waals surface area contributed by atoms with Gasteiger partial charge in [-0.25, -0.2) is 9.78 Å². The van der Waals surface area contributed by atoms with Gasteiger partial charge >= 0.3 is 6.03 Å². The molecule has 0 aliphatic carbocycles. The van der Waals surface area contributed by atoms with Crippen molar-refractivity contribution in [3.63, 3.8) is 0 Å². The van der Waals surface area contributed by atoms with Crippen molar-refractivity contribution in [3.8, 4) is 10.9 Å². The molecule has 1 aromatic heterocycles. The van der Waals surface area contributed by atoms with Crippen LogP contribution < -0.4 is 14.8 Å². The van der Waals surface area contributed by atoms with E-state index in [1.54, 1.807) is 7.11 Å². The van der Waals surface area contributed by atoms with Gasteiger partial charge in [0.2, 0.25) is 0 Å². The van der Waals surface area contributed by atoms with Gasteiger partial charge in [0.25, 0.3) is 5.19 Å². The number of methoxy groups -OCH3 is 1. The van der Waals surface area contributed by atoms with Gasteiger partial charge in [-0.3, -0.25) is 0 Å². The number of para-hydroxylation sites is 1. The molecule has 0 saturated carbocycles. The van der Waals surface area contributed by atoms with E-state index in [9.17, 15) is 4.79 Å². The second-order valence-corrected chi connectivity index (χ2v) is 7.41. The maximum atomic E-state index is 12.4. The fourth-order valence-electron chi connectivity index (χ4n) is 3.10. The molecule has 1 N–H and O–H groups in total. The second-order valence-electron chi connectivity index (χ2n) is 6.41. The quantitative estimate of drug-likeness (QED) is 0.726. The molecule has 2 heterocycles. The number of hydrogen-bond donors (Lipinski definition) is 1. The number of benzene rings is 2. The van der Waals surface area contributed by atoms with Gasteiger partial charge in [0.05, 0.1) is 17.3 Å². The zero-order valence-corrected chi connectivity index (χ0v) is 15.9. The van der Waals surface area contributed by atoms with Crippen molar-refractivity contribution in [3.05, 3.63) is 48.5 Å². The summed E-state index contributed by atoms with van der Waals surface area (Å²) in [6.07, 6.45) is 1.66. The first kappa shape index (κ1) is 17.6. The van der Waals surface area contributed by atoms with E-state index in [1.807, 2.05) is 53.4 Å². The number of carbonyl (C=O) groups excluding carboxylic acids is 1. The van der Waals surface area contributed by atoms with E-state index in [0.717, 1.165) is 34.5 Å². The minimum Gasteiger partial charge on any atom is -0.497 e. The molecule has 4 rings (SSSR count). The molecule has 140 valence electrons. The topological polar surface area (TPSA) is 63.7 Å². The van der Waals surface area contributed by atoms with Gasteiger partial charge in [0, 0.05) is 31.6 Å². The number of fused-ring (bicyclic) bond motifs is 1. The van der Waals surface area contributed by atoms with Crippen LogP contribution in [0.1, 0.15) is 12.8 Å².